The number of aryl methyl sites for hydroxylation is 1. The number of carbonyl (C=O) groups excluding carboxylic acids is 2. The maximum absolute atomic E-state index is 13.3. The van der Waals surface area contributed by atoms with E-state index in [0.717, 1.165) is 51.1 Å². The van der Waals surface area contributed by atoms with Crippen molar-refractivity contribution in [1.82, 2.24) is 14.5 Å². The van der Waals surface area contributed by atoms with Crippen LogP contribution in [-0.2, 0) is 18.3 Å². The summed E-state index contributed by atoms with van der Waals surface area (Å²) in [7, 11) is 4.02. The molecule has 3 N–H and O–H groups in total. The van der Waals surface area contributed by atoms with Crippen molar-refractivity contribution in [2.24, 2.45) is 30.2 Å². The van der Waals surface area contributed by atoms with Crippen LogP contribution in [0.2, 0.25) is 0 Å². The number of piperazine rings is 1. The van der Waals surface area contributed by atoms with E-state index in [1.807, 2.05) is 31.1 Å². The van der Waals surface area contributed by atoms with Crippen molar-refractivity contribution in [2.45, 2.75) is 52.1 Å². The van der Waals surface area contributed by atoms with Gasteiger partial charge in [-0.15, -0.1) is 11.3 Å². The summed E-state index contributed by atoms with van der Waals surface area (Å²) in [5.41, 5.74) is 1.54. The predicted octanol–water partition coefficient (Wildman–Crippen LogP) is 1.78. The molecule has 0 aromatic carbocycles. The van der Waals surface area contributed by atoms with Gasteiger partial charge in [0.1, 0.15) is 5.69 Å². The third kappa shape index (κ3) is 4.39. The van der Waals surface area contributed by atoms with E-state index in [1.165, 1.54) is 9.78 Å². The third-order valence-electron chi connectivity index (χ3n) is 9.28. The van der Waals surface area contributed by atoms with Gasteiger partial charge in [-0.2, -0.15) is 0 Å². The fourth-order valence-electron chi connectivity index (χ4n) is 7.04. The van der Waals surface area contributed by atoms with Gasteiger partial charge in [-0.05, 0) is 48.6 Å². The van der Waals surface area contributed by atoms with E-state index in [-0.39, 0.29) is 40.9 Å². The van der Waals surface area contributed by atoms with Crippen molar-refractivity contribution in [3.05, 3.63) is 34.6 Å². The number of hydrogen-bond donors (Lipinski definition) is 3. The second kappa shape index (κ2) is 9.58. The molecule has 0 spiro atoms. The van der Waals surface area contributed by atoms with Crippen molar-refractivity contribution in [3.63, 3.8) is 0 Å². The fraction of sp³-hybridized carbons (Fsp3) is 0.667. The monoisotopic (exact) mass is 514 g/mol. The maximum Gasteiger partial charge on any atom is 0.274 e. The molecule has 2 amide bonds. The Hall–Kier alpha value is -2.23. The Kier molecular flexibility index (Phi) is 6.76. The Morgan fingerprint density at radius 3 is 2.72 bits per heavy atom. The Balaban J connectivity index is 1.33. The standard InChI is InChI=1S/C27H39N5O3S/c1-16(25(35)32-13-11-30(4)12-14-32)18-8-9-27(3)15-20-22(17(2)21(27)23(18)33)28-26(36-20)29-24(34)19-7-6-10-31(19)5/h6-7,10,16-18,21,23,33H,8-9,11-15H2,1-5H3,(H,28,29,34)/p+1/t16-,17-,18+,21+,23-,27-/m0/s1. The summed E-state index contributed by atoms with van der Waals surface area (Å²) >= 11 is 1.56. The molecular weight excluding hydrogens is 474 g/mol. The Morgan fingerprint density at radius 2 is 2.06 bits per heavy atom. The SMILES string of the molecule is C[C@H](C(=O)N1CC[NH+](C)CC1)[C@H]1CC[C@@]2(C)Cc3sc(NC(=O)c4cccn4C)nc3[C@@H](C)[C@@H]2[C@H]1O. The van der Waals surface area contributed by atoms with E-state index in [1.54, 1.807) is 22.0 Å². The molecule has 36 heavy (non-hydrogen) atoms. The molecule has 196 valence electrons. The number of thiazole rings is 1. The largest absolute Gasteiger partial charge is 0.392 e. The lowest BCUT2D eigenvalue weighted by molar-refractivity contribution is -0.883. The molecule has 2 aromatic rings. The molecule has 3 heterocycles. The summed E-state index contributed by atoms with van der Waals surface area (Å²) in [5, 5.41) is 15.3. The molecule has 2 aliphatic carbocycles. The second-order valence-electron chi connectivity index (χ2n) is 11.7. The van der Waals surface area contributed by atoms with E-state index in [2.05, 4.69) is 26.2 Å². The second-order valence-corrected chi connectivity index (χ2v) is 12.8. The number of fused-ring (bicyclic) bond motifs is 2. The normalized spacial score (nSPS) is 31.4. The first-order chi connectivity index (χ1) is 17.1. The molecule has 0 radical (unpaired) electrons. The first-order valence-electron chi connectivity index (χ1n) is 13.3. The lowest BCUT2D eigenvalue weighted by Crippen LogP contribution is -3.12. The Morgan fingerprint density at radius 1 is 1.33 bits per heavy atom. The molecule has 2 aromatic heterocycles. The number of aliphatic hydroxyl groups is 1. The molecule has 2 fully saturated rings. The molecule has 1 saturated carbocycles. The van der Waals surface area contributed by atoms with Gasteiger partial charge in [0.05, 0.1) is 45.0 Å². The van der Waals surface area contributed by atoms with Crippen LogP contribution >= 0.6 is 11.3 Å². The minimum atomic E-state index is -0.549. The number of hydrogen-bond acceptors (Lipinski definition) is 5. The van der Waals surface area contributed by atoms with Crippen LogP contribution in [0.25, 0.3) is 0 Å². The fourth-order valence-corrected chi connectivity index (χ4v) is 8.30. The van der Waals surface area contributed by atoms with Crippen LogP contribution in [0.5, 0.6) is 0 Å². The Bertz CT molecular complexity index is 1140. The van der Waals surface area contributed by atoms with Crippen LogP contribution in [0.1, 0.15) is 60.6 Å². The van der Waals surface area contributed by atoms with E-state index in [9.17, 15) is 14.7 Å². The summed E-state index contributed by atoms with van der Waals surface area (Å²) in [6.07, 6.45) is 3.99. The molecule has 5 rings (SSSR count). The van der Waals surface area contributed by atoms with E-state index in [4.69, 9.17) is 4.98 Å². The molecule has 9 heteroatoms. The van der Waals surface area contributed by atoms with Crippen molar-refractivity contribution in [2.75, 3.05) is 38.5 Å². The minimum Gasteiger partial charge on any atom is -0.392 e. The van der Waals surface area contributed by atoms with Gasteiger partial charge >= 0.3 is 0 Å². The number of aromatic nitrogens is 2. The van der Waals surface area contributed by atoms with E-state index >= 15 is 0 Å². The van der Waals surface area contributed by atoms with Gasteiger partial charge in [-0.25, -0.2) is 4.98 Å². The summed E-state index contributed by atoms with van der Waals surface area (Å²) in [6, 6.07) is 3.65. The third-order valence-corrected chi connectivity index (χ3v) is 10.3. The summed E-state index contributed by atoms with van der Waals surface area (Å²) in [5.74, 6) is -0.104. The van der Waals surface area contributed by atoms with Crippen molar-refractivity contribution in [1.29, 1.82) is 0 Å². The van der Waals surface area contributed by atoms with Gasteiger partial charge in [0.15, 0.2) is 5.13 Å². The van der Waals surface area contributed by atoms with Crippen LogP contribution in [-0.4, -0.2) is 70.7 Å². The van der Waals surface area contributed by atoms with Gasteiger partial charge < -0.3 is 19.5 Å². The average Bonchev–Trinajstić information content (AvgIpc) is 3.44. The molecule has 0 unspecified atom stereocenters. The van der Waals surface area contributed by atoms with Crippen molar-refractivity contribution in [3.8, 4) is 0 Å². The average molecular weight is 515 g/mol. The van der Waals surface area contributed by atoms with Crippen molar-refractivity contribution < 1.29 is 19.6 Å². The highest BCUT2D eigenvalue weighted by Gasteiger charge is 2.54. The number of aliphatic hydroxyl groups excluding tert-OH is 1. The number of nitrogens with zero attached hydrogens (tertiary/aromatic N) is 3. The number of rotatable bonds is 4. The molecule has 0 bridgehead atoms. The van der Waals surface area contributed by atoms with Gasteiger partial charge in [0.25, 0.3) is 5.91 Å². The van der Waals surface area contributed by atoms with Gasteiger partial charge in [0.2, 0.25) is 5.91 Å². The zero-order chi connectivity index (χ0) is 25.8. The van der Waals surface area contributed by atoms with E-state index in [0.29, 0.717) is 10.8 Å². The molecule has 1 saturated heterocycles. The lowest BCUT2D eigenvalue weighted by Gasteiger charge is -2.53. The van der Waals surface area contributed by atoms with Crippen LogP contribution < -0.4 is 10.2 Å². The Labute approximate surface area is 217 Å². The number of quaternary nitrogens is 1. The molecule has 6 atom stereocenters. The topological polar surface area (TPSA) is 91.9 Å². The number of amides is 2. The van der Waals surface area contributed by atoms with Gasteiger partial charge in [-0.3, -0.25) is 14.9 Å². The zero-order valence-electron chi connectivity index (χ0n) is 22.1. The molecule has 1 aliphatic heterocycles. The van der Waals surface area contributed by atoms with E-state index < -0.39 is 6.10 Å². The number of anilines is 1. The number of nitrogens with one attached hydrogen (secondary N) is 2. The first kappa shape index (κ1) is 25.4. The van der Waals surface area contributed by atoms with Gasteiger partial charge in [-0.1, -0.05) is 20.8 Å². The molecular formula is C27H40N5O3S+. The lowest BCUT2D eigenvalue weighted by atomic mass is 9.53. The van der Waals surface area contributed by atoms with Crippen LogP contribution in [0.15, 0.2) is 18.3 Å². The number of carbonyl (C=O) groups is 2. The van der Waals surface area contributed by atoms with Crippen LogP contribution in [0, 0.1) is 23.2 Å². The smallest absolute Gasteiger partial charge is 0.274 e. The van der Waals surface area contributed by atoms with Crippen molar-refractivity contribution >= 4 is 28.3 Å². The first-order valence-corrected chi connectivity index (χ1v) is 14.1. The molecule has 8 nitrogen and oxygen atoms in total. The predicted molar refractivity (Wildman–Crippen MR) is 140 cm³/mol. The highest BCUT2D eigenvalue weighted by atomic mass is 32.1. The van der Waals surface area contributed by atoms with Crippen LogP contribution in [0.3, 0.4) is 0 Å². The highest BCUT2D eigenvalue weighted by molar-refractivity contribution is 7.15. The zero-order valence-corrected chi connectivity index (χ0v) is 22.9. The van der Waals surface area contributed by atoms with Gasteiger partial charge in [0, 0.05) is 30.0 Å². The summed E-state index contributed by atoms with van der Waals surface area (Å²) in [4.78, 5) is 35.6. The molecule has 3 aliphatic rings. The highest BCUT2D eigenvalue weighted by Crippen LogP contribution is 2.57. The minimum absolute atomic E-state index is 0.0365. The number of likely N-dealkylation sites (N-methyl/N-ethyl adjacent to an activating group) is 1. The summed E-state index contributed by atoms with van der Waals surface area (Å²) in [6.45, 7) is 10.0. The maximum atomic E-state index is 13.3. The summed E-state index contributed by atoms with van der Waals surface area (Å²) < 4.78 is 1.79. The quantitative estimate of drug-likeness (QED) is 0.580. The van der Waals surface area contributed by atoms with Crippen LogP contribution in [0.4, 0.5) is 5.13 Å².